The van der Waals surface area contributed by atoms with Crippen LogP contribution in [-0.2, 0) is 12.0 Å². The van der Waals surface area contributed by atoms with E-state index >= 15 is 0 Å². The van der Waals surface area contributed by atoms with Crippen molar-refractivity contribution in [2.24, 2.45) is 0 Å². The Morgan fingerprint density at radius 2 is 1.97 bits per heavy atom. The van der Waals surface area contributed by atoms with Gasteiger partial charge in [-0.25, -0.2) is 15.4 Å². The Kier molecular flexibility index (Phi) is 5.37. The lowest BCUT2D eigenvalue weighted by atomic mass is 9.97. The van der Waals surface area contributed by atoms with Crippen LogP contribution in [-0.4, -0.2) is 49.7 Å². The zero-order valence-corrected chi connectivity index (χ0v) is 19.5. The summed E-state index contributed by atoms with van der Waals surface area (Å²) in [6, 6.07) is 9.96. The predicted octanol–water partition coefficient (Wildman–Crippen LogP) is 3.03. The van der Waals surface area contributed by atoms with Gasteiger partial charge in [-0.1, -0.05) is 45.0 Å². The molecule has 3 aromatic heterocycles. The van der Waals surface area contributed by atoms with Gasteiger partial charge in [0.2, 0.25) is 5.89 Å². The average molecular weight is 459 g/mol. The van der Waals surface area contributed by atoms with E-state index < -0.39 is 5.91 Å². The first-order valence-corrected chi connectivity index (χ1v) is 11.0. The second-order valence-corrected chi connectivity index (χ2v) is 9.28. The minimum absolute atomic E-state index is 0.0328. The van der Waals surface area contributed by atoms with Crippen molar-refractivity contribution in [2.45, 2.75) is 32.7 Å². The third kappa shape index (κ3) is 4.27. The number of nitrogens with one attached hydrogen (secondary N) is 3. The summed E-state index contributed by atoms with van der Waals surface area (Å²) in [6.07, 6.45) is 3.78. The number of nitrogens with zero attached hydrogens (tertiary/aromatic N) is 5. The number of carbonyl (C=O) groups excluding carboxylic acids is 1. The van der Waals surface area contributed by atoms with Crippen molar-refractivity contribution in [3.05, 3.63) is 65.9 Å². The second kappa shape index (κ2) is 8.38. The SMILES string of the molecule is CN1C=C(c2nc3nccc(-c4ccc(CNC(=O)c5nnc(C(C)(C)C)o5)cc4)c3[nH]2)CN1. The number of benzene rings is 1. The fourth-order valence-corrected chi connectivity index (χ4v) is 3.66. The van der Waals surface area contributed by atoms with Gasteiger partial charge < -0.3 is 19.7 Å². The molecule has 0 radical (unpaired) electrons. The number of rotatable bonds is 5. The highest BCUT2D eigenvalue weighted by molar-refractivity contribution is 5.91. The van der Waals surface area contributed by atoms with Gasteiger partial charge in [0.15, 0.2) is 5.65 Å². The van der Waals surface area contributed by atoms with Crippen molar-refractivity contribution in [2.75, 3.05) is 13.6 Å². The Bertz CT molecular complexity index is 1380. The van der Waals surface area contributed by atoms with Crippen molar-refractivity contribution in [3.63, 3.8) is 0 Å². The van der Waals surface area contributed by atoms with Crippen LogP contribution in [0.1, 0.15) is 48.7 Å². The molecule has 1 amide bonds. The number of aromatic nitrogens is 5. The Balaban J connectivity index is 1.30. The molecule has 1 aliphatic heterocycles. The van der Waals surface area contributed by atoms with Gasteiger partial charge in [-0.05, 0) is 17.2 Å². The van der Waals surface area contributed by atoms with Gasteiger partial charge in [0.25, 0.3) is 0 Å². The molecule has 3 N–H and O–H groups in total. The minimum Gasteiger partial charge on any atom is -0.416 e. The monoisotopic (exact) mass is 458 g/mol. The lowest BCUT2D eigenvalue weighted by Gasteiger charge is -2.10. The summed E-state index contributed by atoms with van der Waals surface area (Å²) in [5.74, 6) is 0.811. The highest BCUT2D eigenvalue weighted by Gasteiger charge is 2.24. The van der Waals surface area contributed by atoms with Gasteiger partial charge in [0, 0.05) is 49.1 Å². The van der Waals surface area contributed by atoms with Crippen LogP contribution >= 0.6 is 0 Å². The van der Waals surface area contributed by atoms with Crippen molar-refractivity contribution < 1.29 is 9.21 Å². The van der Waals surface area contributed by atoms with Crippen LogP contribution < -0.4 is 10.7 Å². The maximum Gasteiger partial charge on any atom is 0.309 e. The molecule has 0 saturated carbocycles. The van der Waals surface area contributed by atoms with Crippen LogP contribution in [0.3, 0.4) is 0 Å². The highest BCUT2D eigenvalue weighted by atomic mass is 16.4. The average Bonchev–Trinajstić information content (AvgIpc) is 3.56. The smallest absolute Gasteiger partial charge is 0.309 e. The van der Waals surface area contributed by atoms with Gasteiger partial charge in [-0.3, -0.25) is 4.79 Å². The minimum atomic E-state index is -0.394. The van der Waals surface area contributed by atoms with E-state index in [9.17, 15) is 4.79 Å². The van der Waals surface area contributed by atoms with Gasteiger partial charge in [0.1, 0.15) is 5.82 Å². The molecule has 0 saturated heterocycles. The fraction of sp³-hybridized carbons (Fsp3) is 0.292. The molecule has 4 aromatic rings. The van der Waals surface area contributed by atoms with Gasteiger partial charge in [0.05, 0.1) is 5.52 Å². The number of hydrogen-bond acceptors (Lipinski definition) is 8. The van der Waals surface area contributed by atoms with E-state index in [4.69, 9.17) is 4.42 Å². The van der Waals surface area contributed by atoms with Gasteiger partial charge >= 0.3 is 11.8 Å². The third-order valence-corrected chi connectivity index (χ3v) is 5.54. The first-order chi connectivity index (χ1) is 16.3. The van der Waals surface area contributed by atoms with Crippen molar-refractivity contribution >= 4 is 22.6 Å². The molecule has 0 aliphatic carbocycles. The topological polar surface area (TPSA) is 125 Å². The molecule has 4 heterocycles. The summed E-state index contributed by atoms with van der Waals surface area (Å²) < 4.78 is 5.50. The molecule has 5 rings (SSSR count). The van der Waals surface area contributed by atoms with Gasteiger partial charge in [-0.15, -0.1) is 10.2 Å². The first-order valence-electron chi connectivity index (χ1n) is 11.0. The summed E-state index contributed by atoms with van der Waals surface area (Å²) in [4.78, 5) is 24.9. The van der Waals surface area contributed by atoms with E-state index in [1.165, 1.54) is 0 Å². The Morgan fingerprint density at radius 3 is 2.65 bits per heavy atom. The van der Waals surface area contributed by atoms with E-state index in [0.29, 0.717) is 24.6 Å². The fourth-order valence-electron chi connectivity index (χ4n) is 3.66. The number of aromatic amines is 1. The second-order valence-electron chi connectivity index (χ2n) is 9.28. The zero-order valence-electron chi connectivity index (χ0n) is 19.5. The number of amides is 1. The van der Waals surface area contributed by atoms with Crippen molar-refractivity contribution in [1.29, 1.82) is 0 Å². The molecule has 34 heavy (non-hydrogen) atoms. The molecule has 0 fully saturated rings. The van der Waals surface area contributed by atoms with E-state index in [0.717, 1.165) is 33.6 Å². The molecule has 0 bridgehead atoms. The number of imidazole rings is 1. The molecule has 10 nitrogen and oxygen atoms in total. The highest BCUT2D eigenvalue weighted by Crippen LogP contribution is 2.28. The zero-order chi connectivity index (χ0) is 23.9. The van der Waals surface area contributed by atoms with Crippen molar-refractivity contribution in [3.8, 4) is 11.1 Å². The van der Waals surface area contributed by atoms with Crippen molar-refractivity contribution in [1.82, 2.24) is 40.9 Å². The Morgan fingerprint density at radius 1 is 1.18 bits per heavy atom. The molecule has 1 aliphatic rings. The van der Waals surface area contributed by atoms with Crippen LogP contribution in [0.5, 0.6) is 0 Å². The lowest BCUT2D eigenvalue weighted by Crippen LogP contribution is -2.23. The molecule has 0 atom stereocenters. The first kappa shape index (κ1) is 21.8. The summed E-state index contributed by atoms with van der Waals surface area (Å²) in [5.41, 5.74) is 8.55. The quantitative estimate of drug-likeness (QED) is 0.417. The summed E-state index contributed by atoms with van der Waals surface area (Å²) in [5, 5.41) is 12.6. The van der Waals surface area contributed by atoms with Crippen LogP contribution in [0, 0.1) is 0 Å². The number of carbonyl (C=O) groups is 1. The molecular weight excluding hydrogens is 432 g/mol. The predicted molar refractivity (Wildman–Crippen MR) is 127 cm³/mol. The third-order valence-electron chi connectivity index (χ3n) is 5.54. The Labute approximate surface area is 196 Å². The lowest BCUT2D eigenvalue weighted by molar-refractivity contribution is 0.0912. The number of pyridine rings is 1. The molecule has 1 aromatic carbocycles. The van der Waals surface area contributed by atoms with E-state index in [2.05, 4.69) is 35.9 Å². The van der Waals surface area contributed by atoms with Crippen LogP contribution in [0.2, 0.25) is 0 Å². The normalized spacial score (nSPS) is 14.0. The molecule has 0 spiro atoms. The molecule has 10 heteroatoms. The van der Waals surface area contributed by atoms with Gasteiger partial charge in [-0.2, -0.15) is 0 Å². The van der Waals surface area contributed by atoms with Crippen LogP contribution in [0.15, 0.2) is 47.1 Å². The molecular formula is C24H26N8O2. The Hall–Kier alpha value is -4.05. The van der Waals surface area contributed by atoms with E-state index in [1.54, 1.807) is 6.20 Å². The maximum absolute atomic E-state index is 12.4. The van der Waals surface area contributed by atoms with Crippen LogP contribution in [0.25, 0.3) is 27.9 Å². The van der Waals surface area contributed by atoms with Crippen LogP contribution in [0.4, 0.5) is 0 Å². The molecule has 0 unspecified atom stereocenters. The summed E-state index contributed by atoms with van der Waals surface area (Å²) in [7, 11) is 1.95. The molecule has 174 valence electrons. The number of hydrogen-bond donors (Lipinski definition) is 3. The maximum atomic E-state index is 12.4. The summed E-state index contributed by atoms with van der Waals surface area (Å²) >= 11 is 0. The summed E-state index contributed by atoms with van der Waals surface area (Å²) in [6.45, 7) is 6.92. The standard InChI is InChI=1S/C24H26N8O2/c1-24(2,3)23-31-30-22(34-23)21(33)26-11-14-5-7-15(8-6-14)17-9-10-25-20-18(17)28-19(29-20)16-12-27-32(4)13-16/h5-10,13,27H,11-12H2,1-4H3,(H,26,33)(H,25,28,29). The number of fused-ring (bicyclic) bond motifs is 1. The number of hydrazine groups is 1. The number of H-pyrrole nitrogens is 1. The van der Waals surface area contributed by atoms with E-state index in [1.807, 2.05) is 69.4 Å². The van der Waals surface area contributed by atoms with E-state index in [-0.39, 0.29) is 11.3 Å². The largest absolute Gasteiger partial charge is 0.416 e.